The Balaban J connectivity index is 1.77. The van der Waals surface area contributed by atoms with E-state index in [1.165, 1.54) is 36.3 Å². The topological polar surface area (TPSA) is 53.6 Å². The van der Waals surface area contributed by atoms with E-state index < -0.39 is 0 Å². The fourth-order valence-corrected chi connectivity index (χ4v) is 3.60. The number of hydrogen-bond acceptors (Lipinski definition) is 4. The van der Waals surface area contributed by atoms with Gasteiger partial charge in [-0.25, -0.2) is 4.98 Å². The van der Waals surface area contributed by atoms with Gasteiger partial charge in [0.2, 0.25) is 0 Å². The molecule has 0 spiro atoms. The molecule has 2 N–H and O–H groups in total. The third-order valence-electron chi connectivity index (χ3n) is 3.85. The Morgan fingerprint density at radius 1 is 1.44 bits per heavy atom. The summed E-state index contributed by atoms with van der Waals surface area (Å²) in [5.41, 5.74) is 2.49. The van der Waals surface area contributed by atoms with E-state index in [0.29, 0.717) is 0 Å². The second kappa shape index (κ2) is 4.82. The van der Waals surface area contributed by atoms with E-state index in [-0.39, 0.29) is 5.54 Å². The summed E-state index contributed by atoms with van der Waals surface area (Å²) in [5.74, 6) is 0. The third kappa shape index (κ3) is 2.08. The van der Waals surface area contributed by atoms with Gasteiger partial charge in [-0.3, -0.25) is 5.10 Å². The molecule has 0 atom stereocenters. The first-order valence-corrected chi connectivity index (χ1v) is 7.32. The van der Waals surface area contributed by atoms with E-state index in [4.69, 9.17) is 0 Å². The highest BCUT2D eigenvalue weighted by Gasteiger charge is 2.37. The summed E-state index contributed by atoms with van der Waals surface area (Å²) in [6, 6.07) is 0. The molecule has 1 saturated carbocycles. The van der Waals surface area contributed by atoms with Crippen molar-refractivity contribution in [3.05, 3.63) is 34.0 Å². The first-order valence-electron chi connectivity index (χ1n) is 6.44. The van der Waals surface area contributed by atoms with Gasteiger partial charge in [-0.1, -0.05) is 12.8 Å². The molecule has 2 aromatic heterocycles. The van der Waals surface area contributed by atoms with Crippen molar-refractivity contribution in [3.63, 3.8) is 0 Å². The quantitative estimate of drug-likeness (QED) is 0.890. The van der Waals surface area contributed by atoms with Gasteiger partial charge >= 0.3 is 0 Å². The first-order chi connectivity index (χ1) is 8.80. The molecule has 2 heterocycles. The van der Waals surface area contributed by atoms with Gasteiger partial charge in [0.1, 0.15) is 5.01 Å². The molecule has 96 valence electrons. The summed E-state index contributed by atoms with van der Waals surface area (Å²) < 4.78 is 0. The van der Waals surface area contributed by atoms with Crippen LogP contribution in [0.2, 0.25) is 0 Å². The summed E-state index contributed by atoms with van der Waals surface area (Å²) >= 11 is 1.76. The van der Waals surface area contributed by atoms with E-state index in [2.05, 4.69) is 32.8 Å². The second-order valence-electron chi connectivity index (χ2n) is 5.00. The second-order valence-corrected chi connectivity index (χ2v) is 5.89. The molecule has 1 aliphatic carbocycles. The molecule has 0 aromatic carbocycles. The summed E-state index contributed by atoms with van der Waals surface area (Å²) in [6.45, 7) is 2.93. The summed E-state index contributed by atoms with van der Waals surface area (Å²) in [5, 5.41) is 14.1. The Kier molecular flexibility index (Phi) is 3.18. The molecule has 3 rings (SSSR count). The van der Waals surface area contributed by atoms with Gasteiger partial charge in [0.25, 0.3) is 0 Å². The van der Waals surface area contributed by atoms with Crippen molar-refractivity contribution in [1.29, 1.82) is 0 Å². The van der Waals surface area contributed by atoms with Crippen LogP contribution < -0.4 is 5.32 Å². The normalized spacial score (nSPS) is 18.3. The lowest BCUT2D eigenvalue weighted by molar-refractivity contribution is 0.337. The lowest BCUT2D eigenvalue weighted by Gasteiger charge is -2.28. The monoisotopic (exact) mass is 262 g/mol. The summed E-state index contributed by atoms with van der Waals surface area (Å²) in [7, 11) is 0. The molecule has 4 nitrogen and oxygen atoms in total. The van der Waals surface area contributed by atoms with Crippen molar-refractivity contribution in [2.75, 3.05) is 0 Å². The Morgan fingerprint density at radius 3 is 2.89 bits per heavy atom. The fraction of sp³-hybridized carbons (Fsp3) is 0.538. The fourth-order valence-electron chi connectivity index (χ4n) is 2.72. The zero-order valence-electron chi connectivity index (χ0n) is 10.6. The van der Waals surface area contributed by atoms with Gasteiger partial charge in [0.15, 0.2) is 0 Å². The van der Waals surface area contributed by atoms with E-state index in [9.17, 15) is 0 Å². The van der Waals surface area contributed by atoms with Crippen molar-refractivity contribution in [2.45, 2.75) is 44.7 Å². The van der Waals surface area contributed by atoms with Crippen LogP contribution in [0.5, 0.6) is 0 Å². The Bertz CT molecular complexity index is 497. The molecule has 1 fully saturated rings. The zero-order chi connectivity index (χ0) is 12.4. The average molecular weight is 262 g/mol. The SMILES string of the molecule is Cc1[nH]ncc1CNC1(c2nccs2)CCCC1. The highest BCUT2D eigenvalue weighted by Crippen LogP contribution is 2.39. The number of nitrogens with one attached hydrogen (secondary N) is 2. The minimum atomic E-state index is 0.0951. The van der Waals surface area contributed by atoms with Gasteiger partial charge < -0.3 is 5.32 Å². The molecule has 0 aliphatic heterocycles. The smallest absolute Gasteiger partial charge is 0.113 e. The van der Waals surface area contributed by atoms with Crippen molar-refractivity contribution >= 4 is 11.3 Å². The van der Waals surface area contributed by atoms with Gasteiger partial charge in [-0.15, -0.1) is 11.3 Å². The molecule has 0 radical (unpaired) electrons. The Hall–Kier alpha value is -1.20. The molecular formula is C13H18N4S. The van der Waals surface area contributed by atoms with Gasteiger partial charge in [-0.2, -0.15) is 5.10 Å². The van der Waals surface area contributed by atoms with E-state index >= 15 is 0 Å². The highest BCUT2D eigenvalue weighted by atomic mass is 32.1. The van der Waals surface area contributed by atoms with E-state index in [0.717, 1.165) is 12.2 Å². The van der Waals surface area contributed by atoms with E-state index in [1.54, 1.807) is 11.3 Å². The van der Waals surface area contributed by atoms with Gasteiger partial charge in [-0.05, 0) is 19.8 Å². The molecular weight excluding hydrogens is 244 g/mol. The summed E-state index contributed by atoms with van der Waals surface area (Å²) in [6.07, 6.45) is 8.78. The van der Waals surface area contributed by atoms with E-state index in [1.807, 2.05) is 12.4 Å². The van der Waals surface area contributed by atoms with Gasteiger partial charge in [0, 0.05) is 29.4 Å². The van der Waals surface area contributed by atoms with Crippen LogP contribution in [0, 0.1) is 6.92 Å². The Labute approximate surface area is 111 Å². The van der Waals surface area contributed by atoms with Crippen molar-refractivity contribution in [3.8, 4) is 0 Å². The molecule has 2 aromatic rings. The lowest BCUT2D eigenvalue weighted by atomic mass is 9.98. The predicted molar refractivity (Wildman–Crippen MR) is 72.4 cm³/mol. The number of aromatic amines is 1. The van der Waals surface area contributed by atoms with Crippen molar-refractivity contribution in [2.24, 2.45) is 0 Å². The maximum atomic E-state index is 4.53. The maximum Gasteiger partial charge on any atom is 0.113 e. The number of nitrogens with zero attached hydrogens (tertiary/aromatic N) is 2. The zero-order valence-corrected chi connectivity index (χ0v) is 11.4. The molecule has 0 saturated heterocycles. The molecule has 0 bridgehead atoms. The van der Waals surface area contributed by atoms with Crippen LogP contribution >= 0.6 is 11.3 Å². The van der Waals surface area contributed by atoms with Crippen LogP contribution in [0.4, 0.5) is 0 Å². The van der Waals surface area contributed by atoms with Crippen LogP contribution in [0.15, 0.2) is 17.8 Å². The maximum absolute atomic E-state index is 4.53. The minimum absolute atomic E-state index is 0.0951. The molecule has 5 heteroatoms. The van der Waals surface area contributed by atoms with Crippen LogP contribution in [0.1, 0.15) is 41.9 Å². The van der Waals surface area contributed by atoms with Gasteiger partial charge in [0.05, 0.1) is 11.7 Å². The highest BCUT2D eigenvalue weighted by molar-refractivity contribution is 7.09. The molecule has 1 aliphatic rings. The molecule has 0 amide bonds. The van der Waals surface area contributed by atoms with Crippen molar-refractivity contribution < 1.29 is 0 Å². The van der Waals surface area contributed by atoms with Crippen LogP contribution in [-0.4, -0.2) is 15.2 Å². The molecule has 18 heavy (non-hydrogen) atoms. The average Bonchev–Trinajstić information content (AvgIpc) is 3.09. The predicted octanol–water partition coefficient (Wildman–Crippen LogP) is 2.73. The Morgan fingerprint density at radius 2 is 2.28 bits per heavy atom. The van der Waals surface area contributed by atoms with Crippen LogP contribution in [0.3, 0.4) is 0 Å². The van der Waals surface area contributed by atoms with Crippen LogP contribution in [0.25, 0.3) is 0 Å². The lowest BCUT2D eigenvalue weighted by Crippen LogP contribution is -2.39. The number of rotatable bonds is 4. The third-order valence-corrected chi connectivity index (χ3v) is 4.83. The standard InChI is InChI=1S/C13H18N4S/c1-10-11(9-16-17-10)8-15-13(4-2-3-5-13)12-14-6-7-18-12/h6-7,9,15H,2-5,8H2,1H3,(H,16,17). The number of H-pyrrole nitrogens is 1. The number of thiazole rings is 1. The number of aryl methyl sites for hydroxylation is 1. The first kappa shape index (κ1) is 11.9. The largest absolute Gasteiger partial charge is 0.301 e. The number of hydrogen-bond donors (Lipinski definition) is 2. The number of aromatic nitrogens is 3. The summed E-state index contributed by atoms with van der Waals surface area (Å²) in [4.78, 5) is 4.53. The minimum Gasteiger partial charge on any atom is -0.301 e. The van der Waals surface area contributed by atoms with Crippen molar-refractivity contribution in [1.82, 2.24) is 20.5 Å². The van der Waals surface area contributed by atoms with Crippen LogP contribution in [-0.2, 0) is 12.1 Å². The molecule has 0 unspecified atom stereocenters.